The second-order valence-electron chi connectivity index (χ2n) is 4.36. The summed E-state index contributed by atoms with van der Waals surface area (Å²) in [7, 11) is 0. The number of hydrogen-bond acceptors (Lipinski definition) is 0. The molecule has 0 aromatic heterocycles. The third kappa shape index (κ3) is 1.16. The highest BCUT2D eigenvalue weighted by atomic mass is 14.3. The molecule has 0 heterocycles. The maximum Gasteiger partial charge on any atom is 0.00735 e. The molecule has 0 fully saturated rings. The van der Waals surface area contributed by atoms with Gasteiger partial charge in [-0.3, -0.25) is 0 Å². The van der Waals surface area contributed by atoms with Gasteiger partial charge in [0.1, 0.15) is 0 Å². The molecule has 2 aromatic rings. The van der Waals surface area contributed by atoms with Crippen LogP contribution in [-0.2, 0) is 0 Å². The summed E-state index contributed by atoms with van der Waals surface area (Å²) < 4.78 is 0. The highest BCUT2D eigenvalue weighted by Crippen LogP contribution is 2.44. The molecule has 2 aromatic carbocycles. The SMILES string of the molecule is C=Cc1ccc2c(c1)C(C)c1ccccc1-2. The van der Waals surface area contributed by atoms with Crippen LogP contribution in [0.4, 0.5) is 0 Å². The van der Waals surface area contributed by atoms with Crippen molar-refractivity contribution in [1.82, 2.24) is 0 Å². The Bertz CT molecular complexity index is 564. The molecule has 78 valence electrons. The van der Waals surface area contributed by atoms with E-state index in [9.17, 15) is 0 Å². The fraction of sp³-hybridized carbons (Fsp3) is 0.125. The lowest BCUT2D eigenvalue weighted by atomic mass is 9.98. The molecule has 0 N–H and O–H groups in total. The van der Waals surface area contributed by atoms with Crippen LogP contribution in [0, 0.1) is 0 Å². The van der Waals surface area contributed by atoms with Gasteiger partial charge in [0, 0.05) is 5.92 Å². The lowest BCUT2D eigenvalue weighted by Crippen LogP contribution is -1.89. The Kier molecular flexibility index (Phi) is 1.97. The van der Waals surface area contributed by atoms with Crippen molar-refractivity contribution >= 4 is 6.08 Å². The minimum Gasteiger partial charge on any atom is -0.0985 e. The van der Waals surface area contributed by atoms with Crippen molar-refractivity contribution in [2.75, 3.05) is 0 Å². The third-order valence-corrected chi connectivity index (χ3v) is 3.50. The molecule has 0 saturated carbocycles. The summed E-state index contributed by atoms with van der Waals surface area (Å²) in [5.74, 6) is 0.506. The molecule has 1 aliphatic rings. The first-order valence-corrected chi connectivity index (χ1v) is 5.67. The molecule has 0 aliphatic heterocycles. The molecule has 1 atom stereocenters. The van der Waals surface area contributed by atoms with E-state index in [0.717, 1.165) is 0 Å². The van der Waals surface area contributed by atoms with Crippen LogP contribution in [0.25, 0.3) is 17.2 Å². The largest absolute Gasteiger partial charge is 0.0985 e. The maximum atomic E-state index is 3.83. The number of fused-ring (bicyclic) bond motifs is 3. The molecule has 0 heteroatoms. The Morgan fingerprint density at radius 3 is 2.56 bits per heavy atom. The van der Waals surface area contributed by atoms with Crippen molar-refractivity contribution in [1.29, 1.82) is 0 Å². The van der Waals surface area contributed by atoms with Gasteiger partial charge in [0.05, 0.1) is 0 Å². The normalized spacial score (nSPS) is 16.7. The van der Waals surface area contributed by atoms with Gasteiger partial charge in [-0.15, -0.1) is 0 Å². The van der Waals surface area contributed by atoms with Gasteiger partial charge in [0.2, 0.25) is 0 Å². The molecule has 16 heavy (non-hydrogen) atoms. The van der Waals surface area contributed by atoms with Gasteiger partial charge < -0.3 is 0 Å². The maximum absolute atomic E-state index is 3.83. The molecule has 0 bridgehead atoms. The number of benzene rings is 2. The van der Waals surface area contributed by atoms with Crippen LogP contribution in [0.1, 0.15) is 29.5 Å². The van der Waals surface area contributed by atoms with Gasteiger partial charge >= 0.3 is 0 Å². The standard InChI is InChI=1S/C16H14/c1-3-12-8-9-15-14-7-5-4-6-13(14)11(2)16(15)10-12/h3-11H,1H2,2H3. The Labute approximate surface area is 96.3 Å². The number of hydrogen-bond donors (Lipinski definition) is 0. The van der Waals surface area contributed by atoms with E-state index in [-0.39, 0.29) is 0 Å². The zero-order valence-corrected chi connectivity index (χ0v) is 9.40. The van der Waals surface area contributed by atoms with E-state index in [1.807, 2.05) is 6.08 Å². The van der Waals surface area contributed by atoms with Crippen LogP contribution in [0.2, 0.25) is 0 Å². The first-order valence-electron chi connectivity index (χ1n) is 5.67. The summed E-state index contributed by atoms with van der Waals surface area (Å²) >= 11 is 0. The fourth-order valence-corrected chi connectivity index (χ4v) is 2.60. The first-order chi connectivity index (χ1) is 7.81. The highest BCUT2D eigenvalue weighted by molar-refractivity contribution is 5.79. The smallest absolute Gasteiger partial charge is 0.00735 e. The molecule has 0 radical (unpaired) electrons. The monoisotopic (exact) mass is 206 g/mol. The minimum atomic E-state index is 0.506. The summed E-state index contributed by atoms with van der Waals surface area (Å²) in [5.41, 5.74) is 6.85. The molecule has 0 nitrogen and oxygen atoms in total. The Balaban J connectivity index is 2.28. The molecule has 1 aliphatic carbocycles. The van der Waals surface area contributed by atoms with Crippen molar-refractivity contribution in [2.24, 2.45) is 0 Å². The van der Waals surface area contributed by atoms with E-state index < -0.39 is 0 Å². The Morgan fingerprint density at radius 1 is 1.00 bits per heavy atom. The van der Waals surface area contributed by atoms with Gasteiger partial charge in [-0.1, -0.05) is 62.0 Å². The lowest BCUT2D eigenvalue weighted by molar-refractivity contribution is 0.956. The van der Waals surface area contributed by atoms with Crippen LogP contribution in [0.15, 0.2) is 49.0 Å². The van der Waals surface area contributed by atoms with Gasteiger partial charge in [-0.2, -0.15) is 0 Å². The van der Waals surface area contributed by atoms with Crippen LogP contribution in [0.5, 0.6) is 0 Å². The van der Waals surface area contributed by atoms with Crippen molar-refractivity contribution in [3.05, 3.63) is 65.7 Å². The molecule has 1 unspecified atom stereocenters. The molecule has 0 saturated heterocycles. The number of rotatable bonds is 1. The van der Waals surface area contributed by atoms with Crippen molar-refractivity contribution in [2.45, 2.75) is 12.8 Å². The second kappa shape index (κ2) is 3.34. The van der Waals surface area contributed by atoms with E-state index >= 15 is 0 Å². The fourth-order valence-electron chi connectivity index (χ4n) is 2.60. The molecule has 3 rings (SSSR count). The predicted octanol–water partition coefficient (Wildman–Crippen LogP) is 4.46. The van der Waals surface area contributed by atoms with Crippen LogP contribution in [-0.4, -0.2) is 0 Å². The van der Waals surface area contributed by atoms with Gasteiger partial charge in [-0.25, -0.2) is 0 Å². The molecule has 0 amide bonds. The zero-order chi connectivity index (χ0) is 11.1. The zero-order valence-electron chi connectivity index (χ0n) is 9.40. The summed E-state index contributed by atoms with van der Waals surface area (Å²) in [6.07, 6.45) is 1.91. The quantitative estimate of drug-likeness (QED) is 0.646. The van der Waals surface area contributed by atoms with Crippen molar-refractivity contribution in [3.63, 3.8) is 0 Å². The average Bonchev–Trinajstić information content (AvgIpc) is 2.64. The van der Waals surface area contributed by atoms with E-state index in [2.05, 4.69) is 56.0 Å². The lowest BCUT2D eigenvalue weighted by Gasteiger charge is -2.06. The van der Waals surface area contributed by atoms with Crippen molar-refractivity contribution < 1.29 is 0 Å². The predicted molar refractivity (Wildman–Crippen MR) is 69.5 cm³/mol. The van der Waals surface area contributed by atoms with E-state index in [1.165, 1.54) is 27.8 Å². The van der Waals surface area contributed by atoms with Gasteiger partial charge in [0.25, 0.3) is 0 Å². The summed E-state index contributed by atoms with van der Waals surface area (Å²) in [6.45, 7) is 6.11. The average molecular weight is 206 g/mol. The Morgan fingerprint density at radius 2 is 1.75 bits per heavy atom. The van der Waals surface area contributed by atoms with E-state index in [0.29, 0.717) is 5.92 Å². The second-order valence-corrected chi connectivity index (χ2v) is 4.36. The summed E-state index contributed by atoms with van der Waals surface area (Å²) in [6, 6.07) is 15.3. The van der Waals surface area contributed by atoms with Crippen molar-refractivity contribution in [3.8, 4) is 11.1 Å². The minimum absolute atomic E-state index is 0.506. The van der Waals surface area contributed by atoms with Crippen LogP contribution >= 0.6 is 0 Å². The summed E-state index contributed by atoms with van der Waals surface area (Å²) in [4.78, 5) is 0. The van der Waals surface area contributed by atoms with Gasteiger partial charge in [-0.05, 0) is 27.8 Å². The topological polar surface area (TPSA) is 0 Å². The summed E-state index contributed by atoms with van der Waals surface area (Å²) in [5, 5.41) is 0. The van der Waals surface area contributed by atoms with E-state index in [4.69, 9.17) is 0 Å². The third-order valence-electron chi connectivity index (χ3n) is 3.50. The molecular formula is C16H14. The van der Waals surface area contributed by atoms with Crippen LogP contribution in [0.3, 0.4) is 0 Å². The van der Waals surface area contributed by atoms with E-state index in [1.54, 1.807) is 0 Å². The molecular weight excluding hydrogens is 192 g/mol. The Hall–Kier alpha value is -1.82. The molecule has 0 spiro atoms. The van der Waals surface area contributed by atoms with Crippen LogP contribution < -0.4 is 0 Å². The first kappa shape index (κ1) is 9.41. The highest BCUT2D eigenvalue weighted by Gasteiger charge is 2.24. The van der Waals surface area contributed by atoms with Gasteiger partial charge in [0.15, 0.2) is 0 Å².